The molecule has 0 unspecified atom stereocenters. The molecule has 29 heavy (non-hydrogen) atoms. The number of aryl methyl sites for hydroxylation is 1. The average Bonchev–Trinajstić information content (AvgIpc) is 3.07. The van der Waals surface area contributed by atoms with Crippen molar-refractivity contribution in [2.24, 2.45) is 12.0 Å². The number of nitrogens with zero attached hydrogens (tertiary/aromatic N) is 5. The van der Waals surface area contributed by atoms with Crippen LogP contribution in [0.4, 0.5) is 14.6 Å². The normalized spacial score (nSPS) is 11.2. The van der Waals surface area contributed by atoms with Gasteiger partial charge in [0.05, 0.1) is 18.1 Å². The number of nitrogens with one attached hydrogen (secondary N) is 3. The lowest BCUT2D eigenvalue weighted by atomic mass is 10.2. The van der Waals surface area contributed by atoms with Crippen molar-refractivity contribution in [1.29, 1.82) is 0 Å². The van der Waals surface area contributed by atoms with Crippen molar-refractivity contribution in [3.05, 3.63) is 47.9 Å². The zero-order chi connectivity index (χ0) is 19.9. The predicted octanol–water partition coefficient (Wildman–Crippen LogP) is 2.43. The van der Waals surface area contributed by atoms with Gasteiger partial charge in [0.1, 0.15) is 23.8 Å². The third-order valence-electron chi connectivity index (χ3n) is 4.00. The number of benzene rings is 1. The number of halogens is 3. The number of anilines is 1. The highest BCUT2D eigenvalue weighted by Crippen LogP contribution is 2.17. The maximum absolute atomic E-state index is 13.7. The monoisotopic (exact) mass is 516 g/mol. The summed E-state index contributed by atoms with van der Waals surface area (Å²) in [4.78, 5) is 12.7. The predicted molar refractivity (Wildman–Crippen MR) is 119 cm³/mol. The van der Waals surface area contributed by atoms with E-state index in [9.17, 15) is 8.78 Å². The number of rotatable bonds is 7. The number of aromatic nitrogens is 4. The zero-order valence-electron chi connectivity index (χ0n) is 16.1. The fourth-order valence-electron chi connectivity index (χ4n) is 2.64. The fraction of sp³-hybridized carbons (Fsp3) is 0.333. The summed E-state index contributed by atoms with van der Waals surface area (Å²) < 4.78 is 28.7. The smallest absolute Gasteiger partial charge is 0.191 e. The van der Waals surface area contributed by atoms with Crippen molar-refractivity contribution in [2.75, 3.05) is 25.0 Å². The van der Waals surface area contributed by atoms with E-state index < -0.39 is 11.6 Å². The van der Waals surface area contributed by atoms with Crippen LogP contribution in [0.15, 0.2) is 35.7 Å². The first-order chi connectivity index (χ1) is 13.6. The van der Waals surface area contributed by atoms with Crippen molar-refractivity contribution < 1.29 is 8.78 Å². The maximum atomic E-state index is 13.7. The van der Waals surface area contributed by atoms with E-state index in [0.29, 0.717) is 31.4 Å². The molecule has 0 radical (unpaired) electrons. The molecule has 3 rings (SSSR count). The zero-order valence-corrected chi connectivity index (χ0v) is 18.4. The standard InChI is InChI=1S/C18H22F2N8.HI/c1-3-21-18(24-9-12-8-13(19)4-5-15(12)20)23-7-6-22-16-14-10-27-28(2)17(14)26-11-25-16;/h4-5,8,10-11H,3,6-7,9H2,1-2H3,(H2,21,23,24)(H,22,25,26);1H. The van der Waals surface area contributed by atoms with E-state index in [1.54, 1.807) is 10.9 Å². The van der Waals surface area contributed by atoms with Gasteiger partial charge in [0.25, 0.3) is 0 Å². The van der Waals surface area contributed by atoms with Crippen LogP contribution < -0.4 is 16.0 Å². The summed E-state index contributed by atoms with van der Waals surface area (Å²) in [7, 11) is 1.82. The lowest BCUT2D eigenvalue weighted by Gasteiger charge is -2.12. The van der Waals surface area contributed by atoms with Gasteiger partial charge in [-0.25, -0.2) is 23.7 Å². The molecule has 0 aliphatic rings. The van der Waals surface area contributed by atoms with Crippen LogP contribution in [0.1, 0.15) is 12.5 Å². The van der Waals surface area contributed by atoms with Gasteiger partial charge in [-0.05, 0) is 25.1 Å². The summed E-state index contributed by atoms with van der Waals surface area (Å²) in [6.07, 6.45) is 3.20. The molecule has 2 heterocycles. The summed E-state index contributed by atoms with van der Waals surface area (Å²) >= 11 is 0. The molecule has 0 atom stereocenters. The molecular weight excluding hydrogens is 493 g/mol. The van der Waals surface area contributed by atoms with Crippen molar-refractivity contribution in [1.82, 2.24) is 30.4 Å². The largest absolute Gasteiger partial charge is 0.368 e. The molecule has 3 N–H and O–H groups in total. The highest BCUT2D eigenvalue weighted by molar-refractivity contribution is 14.0. The molecule has 0 bridgehead atoms. The number of hydrogen-bond donors (Lipinski definition) is 3. The molecule has 0 saturated carbocycles. The Morgan fingerprint density at radius 1 is 1.17 bits per heavy atom. The Labute approximate surface area is 184 Å². The van der Waals surface area contributed by atoms with E-state index in [0.717, 1.165) is 29.2 Å². The first kappa shape index (κ1) is 22.7. The van der Waals surface area contributed by atoms with Gasteiger partial charge < -0.3 is 16.0 Å². The molecule has 0 spiro atoms. The quantitative estimate of drug-likeness (QED) is 0.194. The van der Waals surface area contributed by atoms with Crippen LogP contribution in [0.5, 0.6) is 0 Å². The molecule has 0 amide bonds. The summed E-state index contributed by atoms with van der Waals surface area (Å²) in [6.45, 7) is 3.73. The first-order valence-corrected chi connectivity index (χ1v) is 8.91. The molecule has 1 aromatic carbocycles. The van der Waals surface area contributed by atoms with Gasteiger partial charge in [-0.2, -0.15) is 5.10 Å². The third-order valence-corrected chi connectivity index (χ3v) is 4.00. The minimum absolute atomic E-state index is 0. The van der Waals surface area contributed by atoms with Crippen LogP contribution >= 0.6 is 24.0 Å². The second-order valence-corrected chi connectivity index (χ2v) is 6.01. The Morgan fingerprint density at radius 2 is 2.00 bits per heavy atom. The molecule has 0 aliphatic heterocycles. The van der Waals surface area contributed by atoms with Crippen molar-refractivity contribution >= 4 is 46.8 Å². The number of aliphatic imine (C=N–C) groups is 1. The lowest BCUT2D eigenvalue weighted by Crippen LogP contribution is -2.39. The van der Waals surface area contributed by atoms with Crippen LogP contribution in [0, 0.1) is 11.6 Å². The second-order valence-electron chi connectivity index (χ2n) is 6.01. The Kier molecular flexibility index (Phi) is 8.49. The van der Waals surface area contributed by atoms with Gasteiger partial charge in [-0.15, -0.1) is 24.0 Å². The Balaban J connectivity index is 0.00000300. The molecule has 8 nitrogen and oxygen atoms in total. The summed E-state index contributed by atoms with van der Waals surface area (Å²) in [5, 5.41) is 14.5. The molecule has 0 saturated heterocycles. The first-order valence-electron chi connectivity index (χ1n) is 8.91. The third kappa shape index (κ3) is 5.95. The van der Waals surface area contributed by atoms with Crippen LogP contribution in [-0.4, -0.2) is 45.3 Å². The molecular formula is C18H23F2IN8. The van der Waals surface area contributed by atoms with E-state index in [2.05, 4.69) is 36.0 Å². The van der Waals surface area contributed by atoms with Crippen LogP contribution in [0.25, 0.3) is 11.0 Å². The summed E-state index contributed by atoms with van der Waals surface area (Å²) in [6, 6.07) is 3.34. The highest BCUT2D eigenvalue weighted by Gasteiger charge is 2.07. The van der Waals surface area contributed by atoms with Gasteiger partial charge in [-0.3, -0.25) is 4.68 Å². The fourth-order valence-corrected chi connectivity index (χ4v) is 2.64. The number of fused-ring (bicyclic) bond motifs is 1. The minimum Gasteiger partial charge on any atom is -0.368 e. The molecule has 0 fully saturated rings. The van der Waals surface area contributed by atoms with E-state index in [1.807, 2.05) is 14.0 Å². The van der Waals surface area contributed by atoms with Crippen LogP contribution in [0.2, 0.25) is 0 Å². The van der Waals surface area contributed by atoms with Crippen molar-refractivity contribution in [3.8, 4) is 0 Å². The highest BCUT2D eigenvalue weighted by atomic mass is 127. The Hall–Kier alpha value is -2.57. The van der Waals surface area contributed by atoms with Gasteiger partial charge in [0.2, 0.25) is 0 Å². The minimum atomic E-state index is -0.486. The van der Waals surface area contributed by atoms with E-state index >= 15 is 0 Å². The van der Waals surface area contributed by atoms with Crippen LogP contribution in [0.3, 0.4) is 0 Å². The molecule has 11 heteroatoms. The maximum Gasteiger partial charge on any atom is 0.191 e. The summed E-state index contributed by atoms with van der Waals surface area (Å²) in [5.41, 5.74) is 0.952. The van der Waals surface area contributed by atoms with E-state index in [1.165, 1.54) is 6.33 Å². The van der Waals surface area contributed by atoms with Crippen LogP contribution in [-0.2, 0) is 13.6 Å². The number of guanidine groups is 1. The van der Waals surface area contributed by atoms with Gasteiger partial charge >= 0.3 is 0 Å². The average molecular weight is 516 g/mol. The van der Waals surface area contributed by atoms with Gasteiger partial charge in [-0.1, -0.05) is 0 Å². The second kappa shape index (κ2) is 10.8. The summed E-state index contributed by atoms with van der Waals surface area (Å²) in [5.74, 6) is 0.248. The Bertz CT molecular complexity index is 976. The van der Waals surface area contributed by atoms with E-state index in [-0.39, 0.29) is 36.1 Å². The molecule has 2 aromatic heterocycles. The van der Waals surface area contributed by atoms with Gasteiger partial charge in [0, 0.05) is 32.2 Å². The molecule has 156 valence electrons. The SMILES string of the molecule is CCNC(=NCc1cc(F)ccc1F)NCCNc1ncnc2c1cnn2C.I. The number of hydrogen-bond acceptors (Lipinski definition) is 5. The van der Waals surface area contributed by atoms with Crippen molar-refractivity contribution in [2.45, 2.75) is 13.5 Å². The van der Waals surface area contributed by atoms with Gasteiger partial charge in [0.15, 0.2) is 11.6 Å². The molecule has 0 aliphatic carbocycles. The lowest BCUT2D eigenvalue weighted by molar-refractivity contribution is 0.585. The topological polar surface area (TPSA) is 92.1 Å². The Morgan fingerprint density at radius 3 is 2.79 bits per heavy atom. The van der Waals surface area contributed by atoms with Crippen molar-refractivity contribution in [3.63, 3.8) is 0 Å². The van der Waals surface area contributed by atoms with E-state index in [4.69, 9.17) is 0 Å². The molecule has 3 aromatic rings.